The molecule has 0 unspecified atom stereocenters. The number of nitrogens with two attached hydrogens (primary N) is 1. The highest BCUT2D eigenvalue weighted by Crippen LogP contribution is 2.29. The van der Waals surface area contributed by atoms with Crippen molar-refractivity contribution in [1.82, 2.24) is 14.5 Å². The van der Waals surface area contributed by atoms with Crippen LogP contribution in [0, 0.1) is 5.41 Å². The first-order valence-electron chi connectivity index (χ1n) is 17.4. The van der Waals surface area contributed by atoms with E-state index in [0.717, 1.165) is 68.4 Å². The van der Waals surface area contributed by atoms with Crippen LogP contribution in [0.3, 0.4) is 0 Å². The highest BCUT2D eigenvalue weighted by molar-refractivity contribution is 5.98. The third-order valence-electron chi connectivity index (χ3n) is 10.2. The predicted octanol–water partition coefficient (Wildman–Crippen LogP) is 6.40. The molecule has 6 aromatic rings. The summed E-state index contributed by atoms with van der Waals surface area (Å²) < 4.78 is 2.13. The SMILES string of the molecule is Cn1c(CCc2ccc(C(=N)N)cc2)nc2cc(N(Cc3cccc4ccccc34)C(=O)CN3CCC(O)(Cc4ccccc4)CC3)ccc21. The van der Waals surface area contributed by atoms with E-state index in [2.05, 4.69) is 58.0 Å². The molecule has 8 heteroatoms. The summed E-state index contributed by atoms with van der Waals surface area (Å²) in [5.74, 6) is 1.06. The summed E-state index contributed by atoms with van der Waals surface area (Å²) in [4.78, 5) is 23.4. The average molecular weight is 665 g/mol. The van der Waals surface area contributed by atoms with Crippen LogP contribution < -0.4 is 10.6 Å². The maximum Gasteiger partial charge on any atom is 0.241 e. The molecule has 0 radical (unpaired) electrons. The zero-order valence-electron chi connectivity index (χ0n) is 28.6. The summed E-state index contributed by atoms with van der Waals surface area (Å²) in [5.41, 5.74) is 11.7. The van der Waals surface area contributed by atoms with Gasteiger partial charge < -0.3 is 20.3 Å². The number of carbonyl (C=O) groups is 1. The Morgan fingerprint density at radius 3 is 2.36 bits per heavy atom. The largest absolute Gasteiger partial charge is 0.389 e. The van der Waals surface area contributed by atoms with Crippen molar-refractivity contribution in [1.29, 1.82) is 5.41 Å². The van der Waals surface area contributed by atoms with Gasteiger partial charge in [0.2, 0.25) is 5.91 Å². The minimum absolute atomic E-state index is 0.0240. The lowest BCUT2D eigenvalue weighted by molar-refractivity contribution is -0.121. The number of aromatic nitrogens is 2. The van der Waals surface area contributed by atoms with Crippen LogP contribution in [0.2, 0.25) is 0 Å². The normalized spacial score (nSPS) is 14.6. The fourth-order valence-electron chi connectivity index (χ4n) is 7.22. The molecule has 0 bridgehead atoms. The van der Waals surface area contributed by atoms with Crippen molar-refractivity contribution in [2.75, 3.05) is 24.5 Å². The van der Waals surface area contributed by atoms with Crippen LogP contribution >= 0.6 is 0 Å². The molecule has 1 aliphatic heterocycles. The monoisotopic (exact) mass is 664 g/mol. The number of amidine groups is 1. The molecule has 1 saturated heterocycles. The number of anilines is 1. The van der Waals surface area contributed by atoms with Gasteiger partial charge in [-0.05, 0) is 64.9 Å². The van der Waals surface area contributed by atoms with E-state index >= 15 is 0 Å². The number of nitrogen functional groups attached to an aromatic ring is 1. The van der Waals surface area contributed by atoms with E-state index in [1.54, 1.807) is 0 Å². The van der Waals surface area contributed by atoms with Crippen molar-refractivity contribution in [2.45, 2.75) is 44.2 Å². The molecule has 0 atom stereocenters. The molecular weight excluding hydrogens is 621 g/mol. The lowest BCUT2D eigenvalue weighted by atomic mass is 9.85. The summed E-state index contributed by atoms with van der Waals surface area (Å²) in [7, 11) is 2.04. The van der Waals surface area contributed by atoms with Gasteiger partial charge in [-0.1, -0.05) is 97.1 Å². The Balaban J connectivity index is 1.12. The van der Waals surface area contributed by atoms with Gasteiger partial charge in [-0.25, -0.2) is 4.98 Å². The number of benzene rings is 5. The number of fused-ring (bicyclic) bond motifs is 2. The summed E-state index contributed by atoms with van der Waals surface area (Å²) in [6.07, 6.45) is 3.44. The molecule has 2 heterocycles. The lowest BCUT2D eigenvalue weighted by Gasteiger charge is -2.38. The summed E-state index contributed by atoms with van der Waals surface area (Å²) in [6, 6.07) is 38.7. The van der Waals surface area contributed by atoms with Crippen LogP contribution in [0.5, 0.6) is 0 Å². The van der Waals surface area contributed by atoms with Gasteiger partial charge in [0.05, 0.1) is 29.7 Å². The van der Waals surface area contributed by atoms with E-state index in [1.165, 1.54) is 0 Å². The maximum atomic E-state index is 14.3. The number of carbonyl (C=O) groups excluding carboxylic acids is 1. The molecule has 254 valence electrons. The van der Waals surface area contributed by atoms with Crippen LogP contribution in [0.1, 0.15) is 40.9 Å². The molecule has 0 saturated carbocycles. The number of piperidine rings is 1. The van der Waals surface area contributed by atoms with Gasteiger partial charge in [-0.3, -0.25) is 15.1 Å². The first-order chi connectivity index (χ1) is 24.2. The number of imidazole rings is 1. The lowest BCUT2D eigenvalue weighted by Crippen LogP contribution is -2.49. The van der Waals surface area contributed by atoms with E-state index < -0.39 is 5.60 Å². The van der Waals surface area contributed by atoms with Crippen LogP contribution in [0.15, 0.2) is 115 Å². The second-order valence-electron chi connectivity index (χ2n) is 13.7. The van der Waals surface area contributed by atoms with E-state index in [4.69, 9.17) is 16.1 Å². The van der Waals surface area contributed by atoms with Crippen molar-refractivity contribution in [3.8, 4) is 0 Å². The molecule has 50 heavy (non-hydrogen) atoms. The summed E-state index contributed by atoms with van der Waals surface area (Å²) in [5, 5.41) is 21.3. The van der Waals surface area contributed by atoms with Crippen molar-refractivity contribution in [3.63, 3.8) is 0 Å². The fraction of sp³-hybridized carbons (Fsp3) is 0.262. The van der Waals surface area contributed by atoms with Gasteiger partial charge in [0.25, 0.3) is 0 Å². The van der Waals surface area contributed by atoms with Gasteiger partial charge in [-0.2, -0.15) is 0 Å². The van der Waals surface area contributed by atoms with Crippen LogP contribution in [0.25, 0.3) is 21.8 Å². The second-order valence-corrected chi connectivity index (χ2v) is 13.7. The Morgan fingerprint density at radius 2 is 1.60 bits per heavy atom. The topological polar surface area (TPSA) is 111 Å². The summed E-state index contributed by atoms with van der Waals surface area (Å²) >= 11 is 0. The van der Waals surface area contributed by atoms with Crippen LogP contribution in [0.4, 0.5) is 5.69 Å². The second kappa shape index (κ2) is 14.3. The van der Waals surface area contributed by atoms with Gasteiger partial charge in [0.1, 0.15) is 11.7 Å². The zero-order valence-corrected chi connectivity index (χ0v) is 28.6. The van der Waals surface area contributed by atoms with Crippen LogP contribution in [-0.2, 0) is 37.6 Å². The number of nitrogens with zero attached hydrogens (tertiary/aromatic N) is 4. The van der Waals surface area contributed by atoms with Crippen molar-refractivity contribution < 1.29 is 9.90 Å². The Morgan fingerprint density at radius 1 is 0.880 bits per heavy atom. The Kier molecular flexibility index (Phi) is 9.48. The van der Waals surface area contributed by atoms with Crippen LogP contribution in [-0.4, -0.2) is 56.5 Å². The standard InChI is InChI=1S/C42H44N6O2/c1-46-38-20-19-35(26-37(38)45-39(46)21-16-30-14-17-33(18-15-30)41(43)44)48(28-34-12-7-11-32-10-5-6-13-36(32)34)40(49)29-47-24-22-42(50,23-25-47)27-31-8-3-2-4-9-31/h2-15,17-20,26,50H,16,21-25,27-29H2,1H3,(H3,43,44). The first kappa shape index (κ1) is 33.2. The average Bonchev–Trinajstić information content (AvgIpc) is 3.45. The molecular formula is C42H44N6O2. The number of amides is 1. The first-order valence-corrected chi connectivity index (χ1v) is 17.4. The number of aryl methyl sites for hydroxylation is 3. The minimum Gasteiger partial charge on any atom is -0.389 e. The molecule has 4 N–H and O–H groups in total. The number of aliphatic hydroxyl groups is 1. The highest BCUT2D eigenvalue weighted by Gasteiger charge is 2.33. The number of rotatable bonds is 11. The Labute approximate surface area is 293 Å². The van der Waals surface area contributed by atoms with Crippen molar-refractivity contribution in [3.05, 3.63) is 143 Å². The molecule has 1 aromatic heterocycles. The van der Waals surface area contributed by atoms with Crippen molar-refractivity contribution in [2.24, 2.45) is 12.8 Å². The Bertz CT molecular complexity index is 2130. The molecule has 8 nitrogen and oxygen atoms in total. The summed E-state index contributed by atoms with van der Waals surface area (Å²) in [6.45, 7) is 2.04. The zero-order chi connectivity index (χ0) is 34.7. The third-order valence-corrected chi connectivity index (χ3v) is 10.2. The van der Waals surface area contributed by atoms with Crippen molar-refractivity contribution >= 4 is 39.2 Å². The number of hydrogen-bond acceptors (Lipinski definition) is 5. The van der Waals surface area contributed by atoms with Gasteiger partial charge >= 0.3 is 0 Å². The molecule has 1 fully saturated rings. The highest BCUT2D eigenvalue weighted by atomic mass is 16.3. The van der Waals surface area contributed by atoms with Gasteiger partial charge in [0.15, 0.2) is 0 Å². The molecule has 7 rings (SSSR count). The van der Waals surface area contributed by atoms with E-state index in [9.17, 15) is 9.90 Å². The molecule has 5 aromatic carbocycles. The number of hydrogen-bond donors (Lipinski definition) is 3. The van der Waals surface area contributed by atoms with E-state index in [0.29, 0.717) is 38.9 Å². The molecule has 1 amide bonds. The van der Waals surface area contributed by atoms with Gasteiger partial charge in [-0.15, -0.1) is 0 Å². The Hall–Kier alpha value is -5.31. The molecule has 0 aliphatic carbocycles. The van der Waals surface area contributed by atoms with Gasteiger partial charge in [0, 0.05) is 44.2 Å². The molecule has 0 spiro atoms. The minimum atomic E-state index is -0.761. The fourth-order valence-corrected chi connectivity index (χ4v) is 7.22. The third kappa shape index (κ3) is 7.32. The number of likely N-dealkylation sites (tertiary alicyclic amines) is 1. The maximum absolute atomic E-state index is 14.3. The number of nitrogens with one attached hydrogen (secondary N) is 1. The predicted molar refractivity (Wildman–Crippen MR) is 201 cm³/mol. The smallest absolute Gasteiger partial charge is 0.241 e. The van der Waals surface area contributed by atoms with E-state index in [-0.39, 0.29) is 18.3 Å². The quantitative estimate of drug-likeness (QED) is 0.110. The molecule has 1 aliphatic rings. The van der Waals surface area contributed by atoms with E-state index in [1.807, 2.05) is 78.7 Å².